The van der Waals surface area contributed by atoms with E-state index in [0.717, 1.165) is 25.7 Å². The van der Waals surface area contributed by atoms with E-state index in [4.69, 9.17) is 5.26 Å². The highest BCUT2D eigenvalue weighted by Crippen LogP contribution is 2.28. The lowest BCUT2D eigenvalue weighted by Crippen LogP contribution is -2.28. The molecule has 2 heteroatoms. The molecule has 0 heterocycles. The molecule has 1 fully saturated rings. The minimum Gasteiger partial charge on any atom is -0.386 e. The molecule has 0 aromatic heterocycles. The molecule has 0 aromatic rings. The molecule has 0 radical (unpaired) electrons. The van der Waals surface area contributed by atoms with Crippen LogP contribution in [-0.2, 0) is 0 Å². The Morgan fingerprint density at radius 1 is 1.27 bits per heavy atom. The van der Waals surface area contributed by atoms with Gasteiger partial charge < -0.3 is 5.11 Å². The van der Waals surface area contributed by atoms with Gasteiger partial charge in [-0.15, -0.1) is 0 Å². The topological polar surface area (TPSA) is 44.0 Å². The Kier molecular flexibility index (Phi) is 2.67. The molecule has 1 N–H and O–H groups in total. The van der Waals surface area contributed by atoms with E-state index in [1.807, 2.05) is 6.07 Å². The van der Waals surface area contributed by atoms with Crippen molar-refractivity contribution in [3.63, 3.8) is 0 Å². The lowest BCUT2D eigenvalue weighted by atomic mass is 9.85. The van der Waals surface area contributed by atoms with Crippen molar-refractivity contribution in [2.75, 3.05) is 0 Å². The van der Waals surface area contributed by atoms with Crippen molar-refractivity contribution in [2.45, 2.75) is 37.7 Å². The highest BCUT2D eigenvalue weighted by atomic mass is 16.3. The quantitative estimate of drug-likeness (QED) is 0.580. The van der Waals surface area contributed by atoms with Gasteiger partial charge in [-0.2, -0.15) is 5.26 Å². The van der Waals surface area contributed by atoms with Crippen molar-refractivity contribution in [1.82, 2.24) is 0 Å². The number of nitriles is 1. The van der Waals surface area contributed by atoms with E-state index in [2.05, 4.69) is 0 Å². The number of rotatable bonds is 1. The van der Waals surface area contributed by atoms with E-state index in [9.17, 15) is 5.11 Å². The molecule has 0 aliphatic heterocycles. The first-order chi connectivity index (χ1) is 5.27. The summed E-state index contributed by atoms with van der Waals surface area (Å²) in [6, 6.07) is 1.90. The average Bonchev–Trinajstić information content (AvgIpc) is 2.03. The van der Waals surface area contributed by atoms with Crippen molar-refractivity contribution >= 4 is 0 Å². The Bertz CT molecular complexity index is 184. The van der Waals surface area contributed by atoms with Gasteiger partial charge in [0.1, 0.15) is 0 Å². The molecule has 1 aliphatic rings. The van der Waals surface area contributed by atoms with Crippen LogP contribution in [0.4, 0.5) is 0 Å². The largest absolute Gasteiger partial charge is 0.386 e. The van der Waals surface area contributed by atoms with E-state index in [0.29, 0.717) is 0 Å². The second kappa shape index (κ2) is 3.54. The maximum atomic E-state index is 9.76. The average molecular weight is 151 g/mol. The van der Waals surface area contributed by atoms with Crippen LogP contribution in [0, 0.1) is 11.3 Å². The molecule has 0 atom stereocenters. The van der Waals surface area contributed by atoms with Gasteiger partial charge in [0.25, 0.3) is 0 Å². The Balaban J connectivity index is 2.51. The van der Waals surface area contributed by atoms with Gasteiger partial charge >= 0.3 is 0 Å². The fourth-order valence-corrected chi connectivity index (χ4v) is 1.52. The molecule has 1 aliphatic carbocycles. The third kappa shape index (κ3) is 2.36. The molecule has 0 saturated heterocycles. The normalized spacial score (nSPS) is 23.3. The van der Waals surface area contributed by atoms with E-state index in [-0.39, 0.29) is 0 Å². The van der Waals surface area contributed by atoms with Gasteiger partial charge in [0.2, 0.25) is 0 Å². The molecular weight excluding hydrogens is 138 g/mol. The number of aliphatic hydroxyl groups is 1. The van der Waals surface area contributed by atoms with Crippen molar-refractivity contribution in [3.05, 3.63) is 12.2 Å². The number of allylic oxidation sites excluding steroid dienone is 1. The minimum absolute atomic E-state index is 0.673. The van der Waals surface area contributed by atoms with Crippen LogP contribution >= 0.6 is 0 Å². The highest BCUT2D eigenvalue weighted by Gasteiger charge is 2.25. The van der Waals surface area contributed by atoms with E-state index in [1.54, 1.807) is 6.08 Å². The van der Waals surface area contributed by atoms with Crippen LogP contribution in [0.2, 0.25) is 0 Å². The predicted octanol–water partition coefficient (Wildman–Crippen LogP) is 1.76. The SMILES string of the molecule is N#C/C=C/C1(O)CCCCC1. The van der Waals surface area contributed by atoms with Gasteiger partial charge in [0.05, 0.1) is 11.7 Å². The fraction of sp³-hybridized carbons (Fsp3) is 0.667. The third-order valence-corrected chi connectivity index (χ3v) is 2.19. The number of hydrogen-bond acceptors (Lipinski definition) is 2. The van der Waals surface area contributed by atoms with Crippen LogP contribution in [0.15, 0.2) is 12.2 Å². The molecule has 0 amide bonds. The van der Waals surface area contributed by atoms with Gasteiger partial charge in [-0.25, -0.2) is 0 Å². The van der Waals surface area contributed by atoms with Gasteiger partial charge in [0, 0.05) is 6.08 Å². The number of hydrogen-bond donors (Lipinski definition) is 1. The summed E-state index contributed by atoms with van der Waals surface area (Å²) in [6.07, 6.45) is 8.00. The zero-order chi connectivity index (χ0) is 8.16. The van der Waals surface area contributed by atoms with Crippen LogP contribution in [0.25, 0.3) is 0 Å². The maximum absolute atomic E-state index is 9.76. The first kappa shape index (κ1) is 8.29. The van der Waals surface area contributed by atoms with Crippen LogP contribution < -0.4 is 0 Å². The zero-order valence-corrected chi connectivity index (χ0v) is 6.58. The fourth-order valence-electron chi connectivity index (χ4n) is 1.52. The molecular formula is C9H13NO. The summed E-state index contributed by atoms with van der Waals surface area (Å²) in [4.78, 5) is 0. The van der Waals surface area contributed by atoms with Crippen molar-refractivity contribution in [2.24, 2.45) is 0 Å². The van der Waals surface area contributed by atoms with Gasteiger partial charge in [-0.3, -0.25) is 0 Å². The lowest BCUT2D eigenvalue weighted by Gasteiger charge is -2.28. The summed E-state index contributed by atoms with van der Waals surface area (Å²) in [5, 5.41) is 18.0. The molecule has 11 heavy (non-hydrogen) atoms. The Morgan fingerprint density at radius 2 is 1.91 bits per heavy atom. The molecule has 0 spiro atoms. The summed E-state index contributed by atoms with van der Waals surface area (Å²) in [6.45, 7) is 0. The highest BCUT2D eigenvalue weighted by molar-refractivity contribution is 5.11. The molecule has 60 valence electrons. The first-order valence-corrected chi connectivity index (χ1v) is 4.07. The lowest BCUT2D eigenvalue weighted by molar-refractivity contribution is 0.0514. The predicted molar refractivity (Wildman–Crippen MR) is 42.8 cm³/mol. The van der Waals surface area contributed by atoms with Gasteiger partial charge in [0.15, 0.2) is 0 Å². The minimum atomic E-state index is -0.673. The maximum Gasteiger partial charge on any atom is 0.0909 e. The first-order valence-electron chi connectivity index (χ1n) is 4.07. The van der Waals surface area contributed by atoms with Gasteiger partial charge in [-0.05, 0) is 18.9 Å². The zero-order valence-electron chi connectivity index (χ0n) is 6.58. The van der Waals surface area contributed by atoms with Crippen molar-refractivity contribution in [1.29, 1.82) is 5.26 Å². The van der Waals surface area contributed by atoms with Crippen LogP contribution in [0.5, 0.6) is 0 Å². The Labute approximate surface area is 67.2 Å². The van der Waals surface area contributed by atoms with Crippen LogP contribution in [0.1, 0.15) is 32.1 Å². The second-order valence-electron chi connectivity index (χ2n) is 3.13. The Hall–Kier alpha value is -0.810. The van der Waals surface area contributed by atoms with E-state index in [1.165, 1.54) is 12.5 Å². The monoisotopic (exact) mass is 151 g/mol. The summed E-state index contributed by atoms with van der Waals surface area (Å²) in [5.74, 6) is 0. The Morgan fingerprint density at radius 3 is 2.45 bits per heavy atom. The second-order valence-corrected chi connectivity index (χ2v) is 3.13. The molecule has 0 aromatic carbocycles. The number of nitrogens with zero attached hydrogens (tertiary/aromatic N) is 1. The molecule has 1 rings (SSSR count). The van der Waals surface area contributed by atoms with Crippen LogP contribution in [0.3, 0.4) is 0 Å². The molecule has 1 saturated carbocycles. The molecule has 0 bridgehead atoms. The van der Waals surface area contributed by atoms with Crippen molar-refractivity contribution < 1.29 is 5.11 Å². The van der Waals surface area contributed by atoms with Gasteiger partial charge in [-0.1, -0.05) is 19.3 Å². The summed E-state index contributed by atoms with van der Waals surface area (Å²) in [7, 11) is 0. The van der Waals surface area contributed by atoms with E-state index < -0.39 is 5.60 Å². The summed E-state index contributed by atoms with van der Waals surface area (Å²) >= 11 is 0. The third-order valence-electron chi connectivity index (χ3n) is 2.19. The van der Waals surface area contributed by atoms with Crippen molar-refractivity contribution in [3.8, 4) is 6.07 Å². The molecule has 0 unspecified atom stereocenters. The smallest absolute Gasteiger partial charge is 0.0909 e. The summed E-state index contributed by atoms with van der Waals surface area (Å²) in [5.41, 5.74) is -0.673. The summed E-state index contributed by atoms with van der Waals surface area (Å²) < 4.78 is 0. The van der Waals surface area contributed by atoms with Crippen LogP contribution in [-0.4, -0.2) is 10.7 Å². The standard InChI is InChI=1S/C9H13NO/c10-8-4-7-9(11)5-2-1-3-6-9/h4,7,11H,1-3,5-6H2/b7-4+. The molecule has 2 nitrogen and oxygen atoms in total. The van der Waals surface area contributed by atoms with E-state index >= 15 is 0 Å².